The number of alkyl halides is 1. The van der Waals surface area contributed by atoms with E-state index in [0.29, 0.717) is 11.5 Å². The van der Waals surface area contributed by atoms with Gasteiger partial charge in [0.15, 0.2) is 0 Å². The molecule has 0 atom stereocenters. The Morgan fingerprint density at radius 3 is 2.78 bits per heavy atom. The summed E-state index contributed by atoms with van der Waals surface area (Å²) < 4.78 is 18.7. The number of halogens is 3. The van der Waals surface area contributed by atoms with Gasteiger partial charge in [0.1, 0.15) is 17.3 Å². The average Bonchev–Trinajstić information content (AvgIpc) is 2.34. The molecule has 0 saturated carbocycles. The van der Waals surface area contributed by atoms with Gasteiger partial charge in [-0.1, -0.05) is 11.6 Å². The molecular formula is C13H10Cl2FNO. The van der Waals surface area contributed by atoms with E-state index in [1.165, 1.54) is 18.2 Å². The average molecular weight is 286 g/mol. The Labute approximate surface area is 114 Å². The molecule has 0 aliphatic carbocycles. The van der Waals surface area contributed by atoms with Crippen LogP contribution in [0.4, 0.5) is 4.39 Å². The number of pyridine rings is 1. The highest BCUT2D eigenvalue weighted by molar-refractivity contribution is 6.30. The molecule has 0 radical (unpaired) electrons. The molecule has 2 aromatic rings. The lowest BCUT2D eigenvalue weighted by molar-refractivity contribution is 0.475. The van der Waals surface area contributed by atoms with Crippen LogP contribution in [0, 0.1) is 12.7 Å². The van der Waals surface area contributed by atoms with Gasteiger partial charge in [-0.2, -0.15) is 0 Å². The van der Waals surface area contributed by atoms with Gasteiger partial charge in [-0.15, -0.1) is 11.6 Å². The third-order valence-corrected chi connectivity index (χ3v) is 2.92. The maximum atomic E-state index is 13.0. The Balaban J connectivity index is 2.33. The van der Waals surface area contributed by atoms with E-state index in [1.54, 1.807) is 12.3 Å². The Kier molecular flexibility index (Phi) is 4.04. The minimum absolute atomic E-state index is 0.0192. The Bertz CT molecular complexity index is 575. The third-order valence-electron chi connectivity index (χ3n) is 2.34. The number of aryl methyl sites for hydroxylation is 1. The van der Waals surface area contributed by atoms with Crippen molar-refractivity contribution in [1.29, 1.82) is 0 Å². The minimum Gasteiger partial charge on any atom is -0.457 e. The summed E-state index contributed by atoms with van der Waals surface area (Å²) >= 11 is 11.5. The fourth-order valence-corrected chi connectivity index (χ4v) is 1.80. The second-order valence-corrected chi connectivity index (χ2v) is 4.42. The van der Waals surface area contributed by atoms with Crippen LogP contribution in [0.25, 0.3) is 0 Å². The molecule has 0 fully saturated rings. The molecular weight excluding hydrogens is 276 g/mol. The van der Waals surface area contributed by atoms with Crippen molar-refractivity contribution >= 4 is 23.2 Å². The van der Waals surface area contributed by atoms with Gasteiger partial charge in [0.2, 0.25) is 0 Å². The topological polar surface area (TPSA) is 22.1 Å². The number of aromatic nitrogens is 1. The van der Waals surface area contributed by atoms with E-state index in [0.717, 1.165) is 11.3 Å². The van der Waals surface area contributed by atoms with Crippen LogP contribution in [0.3, 0.4) is 0 Å². The molecule has 0 unspecified atom stereocenters. The van der Waals surface area contributed by atoms with Crippen LogP contribution in [-0.2, 0) is 5.88 Å². The maximum absolute atomic E-state index is 13.0. The molecule has 0 aliphatic heterocycles. The van der Waals surface area contributed by atoms with Crippen molar-refractivity contribution in [2.75, 3.05) is 0 Å². The number of hydrogen-bond donors (Lipinski definition) is 0. The summed E-state index contributed by atoms with van der Waals surface area (Å²) in [7, 11) is 0. The van der Waals surface area contributed by atoms with E-state index >= 15 is 0 Å². The molecule has 0 N–H and O–H groups in total. The predicted octanol–water partition coefficient (Wildman–Crippen LogP) is 4.71. The molecule has 94 valence electrons. The molecule has 0 bridgehead atoms. The van der Waals surface area contributed by atoms with Crippen molar-refractivity contribution in [3.63, 3.8) is 0 Å². The monoisotopic (exact) mass is 285 g/mol. The molecule has 0 amide bonds. The van der Waals surface area contributed by atoms with Gasteiger partial charge in [-0.05, 0) is 19.1 Å². The van der Waals surface area contributed by atoms with Crippen molar-refractivity contribution in [2.24, 2.45) is 0 Å². The van der Waals surface area contributed by atoms with E-state index in [1.807, 2.05) is 6.92 Å². The first-order valence-corrected chi connectivity index (χ1v) is 6.16. The first kappa shape index (κ1) is 13.1. The third kappa shape index (κ3) is 2.92. The molecule has 1 aromatic heterocycles. The molecule has 5 heteroatoms. The summed E-state index contributed by atoms with van der Waals surface area (Å²) in [4.78, 5) is 4.13. The zero-order chi connectivity index (χ0) is 13.1. The summed E-state index contributed by atoms with van der Waals surface area (Å²) in [5, 5.41) is 0.0192. The van der Waals surface area contributed by atoms with Crippen LogP contribution in [0.2, 0.25) is 5.02 Å². The van der Waals surface area contributed by atoms with Crippen LogP contribution in [0.15, 0.2) is 30.5 Å². The normalized spacial score (nSPS) is 10.4. The zero-order valence-electron chi connectivity index (χ0n) is 9.58. The smallest absolute Gasteiger partial charge is 0.142 e. The van der Waals surface area contributed by atoms with Gasteiger partial charge in [-0.3, -0.25) is 4.98 Å². The predicted molar refractivity (Wildman–Crippen MR) is 70.0 cm³/mol. The number of ether oxygens (including phenoxy) is 1. The maximum Gasteiger partial charge on any atom is 0.142 e. The fraction of sp³-hybridized carbons (Fsp3) is 0.154. The van der Waals surface area contributed by atoms with Gasteiger partial charge < -0.3 is 4.74 Å². The van der Waals surface area contributed by atoms with Gasteiger partial charge in [-0.25, -0.2) is 4.39 Å². The second-order valence-electron chi connectivity index (χ2n) is 3.75. The van der Waals surface area contributed by atoms with E-state index in [2.05, 4.69) is 4.98 Å². The standard InChI is InChI=1S/C13H10Cl2FNO/c1-8-4-13(9(6-14)7-17-8)18-10-2-3-12(16)11(15)5-10/h2-5,7H,6H2,1H3. The fourth-order valence-electron chi connectivity index (χ4n) is 1.43. The first-order chi connectivity index (χ1) is 8.60. The molecule has 0 aliphatic rings. The van der Waals surface area contributed by atoms with Gasteiger partial charge in [0, 0.05) is 29.6 Å². The van der Waals surface area contributed by atoms with Gasteiger partial charge in [0.05, 0.1) is 10.9 Å². The SMILES string of the molecule is Cc1cc(Oc2ccc(F)c(Cl)c2)c(CCl)cn1. The van der Waals surface area contributed by atoms with Crippen molar-refractivity contribution in [2.45, 2.75) is 12.8 Å². The zero-order valence-corrected chi connectivity index (χ0v) is 11.1. The number of rotatable bonds is 3. The van der Waals surface area contributed by atoms with Crippen LogP contribution >= 0.6 is 23.2 Å². The van der Waals surface area contributed by atoms with E-state index in [4.69, 9.17) is 27.9 Å². The number of hydrogen-bond acceptors (Lipinski definition) is 2. The van der Waals surface area contributed by atoms with Crippen molar-refractivity contribution < 1.29 is 9.13 Å². The Hall–Kier alpha value is -1.32. The Morgan fingerprint density at radius 2 is 2.11 bits per heavy atom. The molecule has 2 rings (SSSR count). The number of nitrogens with zero attached hydrogens (tertiary/aromatic N) is 1. The van der Waals surface area contributed by atoms with E-state index < -0.39 is 5.82 Å². The van der Waals surface area contributed by atoms with Crippen molar-refractivity contribution in [3.05, 3.63) is 52.6 Å². The highest BCUT2D eigenvalue weighted by atomic mass is 35.5. The van der Waals surface area contributed by atoms with Crippen LogP contribution < -0.4 is 4.74 Å². The van der Waals surface area contributed by atoms with Crippen molar-refractivity contribution in [1.82, 2.24) is 4.98 Å². The first-order valence-electron chi connectivity index (χ1n) is 5.24. The lowest BCUT2D eigenvalue weighted by Gasteiger charge is -2.10. The summed E-state index contributed by atoms with van der Waals surface area (Å²) in [6.45, 7) is 1.85. The second kappa shape index (κ2) is 5.55. The molecule has 1 heterocycles. The molecule has 0 spiro atoms. The summed E-state index contributed by atoms with van der Waals surface area (Å²) in [5.74, 6) is 0.864. The number of benzene rings is 1. The van der Waals surface area contributed by atoms with E-state index in [-0.39, 0.29) is 10.9 Å². The summed E-state index contributed by atoms with van der Waals surface area (Å²) in [6.07, 6.45) is 1.66. The van der Waals surface area contributed by atoms with Gasteiger partial charge >= 0.3 is 0 Å². The molecule has 2 nitrogen and oxygen atoms in total. The molecule has 18 heavy (non-hydrogen) atoms. The minimum atomic E-state index is -0.479. The highest BCUT2D eigenvalue weighted by Crippen LogP contribution is 2.29. The quantitative estimate of drug-likeness (QED) is 0.762. The van der Waals surface area contributed by atoms with Crippen LogP contribution in [-0.4, -0.2) is 4.98 Å². The lowest BCUT2D eigenvalue weighted by Crippen LogP contribution is -1.93. The molecule has 0 saturated heterocycles. The van der Waals surface area contributed by atoms with Gasteiger partial charge in [0.25, 0.3) is 0 Å². The van der Waals surface area contributed by atoms with E-state index in [9.17, 15) is 4.39 Å². The summed E-state index contributed by atoms with van der Waals surface area (Å²) in [5.41, 5.74) is 1.58. The summed E-state index contributed by atoms with van der Waals surface area (Å²) in [6, 6.07) is 5.96. The highest BCUT2D eigenvalue weighted by Gasteiger charge is 2.07. The van der Waals surface area contributed by atoms with Crippen LogP contribution in [0.5, 0.6) is 11.5 Å². The molecule has 1 aromatic carbocycles. The largest absolute Gasteiger partial charge is 0.457 e. The van der Waals surface area contributed by atoms with Crippen molar-refractivity contribution in [3.8, 4) is 11.5 Å². The lowest BCUT2D eigenvalue weighted by atomic mass is 10.2. The Morgan fingerprint density at radius 1 is 1.33 bits per heavy atom. The van der Waals surface area contributed by atoms with Crippen LogP contribution in [0.1, 0.15) is 11.3 Å².